The van der Waals surface area contributed by atoms with Crippen molar-refractivity contribution in [3.8, 4) is 5.75 Å². The number of nitrogens with zero attached hydrogens (tertiary/aromatic N) is 1. The molecule has 2 saturated heterocycles. The lowest BCUT2D eigenvalue weighted by molar-refractivity contribution is 0.0469. The number of ether oxygens (including phenoxy) is 1. The number of phenolic OH excluding ortho intramolecular Hbond substituents is 1. The topological polar surface area (TPSA) is 61.8 Å². The van der Waals surface area contributed by atoms with Gasteiger partial charge in [-0.1, -0.05) is 18.2 Å². The molecule has 20 heavy (non-hydrogen) atoms. The number of phenols is 1. The Labute approximate surface area is 118 Å². The predicted octanol–water partition coefficient (Wildman–Crippen LogP) is 1.86. The Morgan fingerprint density at radius 3 is 3.00 bits per heavy atom. The second-order valence-electron chi connectivity index (χ2n) is 5.64. The zero-order valence-electron chi connectivity index (χ0n) is 11.5. The minimum atomic E-state index is -0.342. The van der Waals surface area contributed by atoms with Crippen molar-refractivity contribution in [2.45, 2.75) is 31.4 Å². The zero-order chi connectivity index (χ0) is 14.0. The Bertz CT molecular complexity index is 496. The zero-order valence-corrected chi connectivity index (χ0v) is 11.5. The van der Waals surface area contributed by atoms with E-state index in [1.165, 1.54) is 0 Å². The van der Waals surface area contributed by atoms with Gasteiger partial charge in [-0.25, -0.2) is 4.79 Å². The fourth-order valence-corrected chi connectivity index (χ4v) is 3.03. The SMILES string of the molecule is O=C1OC2(CCCNCC2)CN1Cc1ccccc1O. The third kappa shape index (κ3) is 2.58. The van der Waals surface area contributed by atoms with E-state index >= 15 is 0 Å². The molecule has 2 fully saturated rings. The van der Waals surface area contributed by atoms with Gasteiger partial charge in [0, 0.05) is 12.0 Å². The van der Waals surface area contributed by atoms with E-state index in [-0.39, 0.29) is 17.4 Å². The minimum Gasteiger partial charge on any atom is -0.508 e. The van der Waals surface area contributed by atoms with E-state index in [9.17, 15) is 9.90 Å². The van der Waals surface area contributed by atoms with Crippen LogP contribution in [0.15, 0.2) is 24.3 Å². The number of rotatable bonds is 2. The van der Waals surface area contributed by atoms with Gasteiger partial charge in [-0.2, -0.15) is 0 Å². The van der Waals surface area contributed by atoms with E-state index in [4.69, 9.17) is 4.74 Å². The van der Waals surface area contributed by atoms with Gasteiger partial charge in [0.2, 0.25) is 0 Å². The standard InChI is InChI=1S/C15H20N2O3/c18-13-5-2-1-4-12(13)10-17-11-15(20-14(17)19)6-3-8-16-9-7-15/h1-2,4-5,16,18H,3,6-11H2. The molecule has 5 heteroatoms. The summed E-state index contributed by atoms with van der Waals surface area (Å²) in [5.41, 5.74) is 0.415. The molecule has 3 rings (SSSR count). The molecule has 0 bridgehead atoms. The number of hydrogen-bond donors (Lipinski definition) is 2. The molecule has 2 aliphatic rings. The van der Waals surface area contributed by atoms with Crippen molar-refractivity contribution in [2.24, 2.45) is 0 Å². The van der Waals surface area contributed by atoms with Crippen LogP contribution in [-0.2, 0) is 11.3 Å². The van der Waals surface area contributed by atoms with E-state index in [0.29, 0.717) is 13.1 Å². The first-order chi connectivity index (χ1) is 9.69. The van der Waals surface area contributed by atoms with Crippen LogP contribution < -0.4 is 5.32 Å². The van der Waals surface area contributed by atoms with Crippen molar-refractivity contribution >= 4 is 6.09 Å². The summed E-state index contributed by atoms with van der Waals surface area (Å²) in [5, 5.41) is 13.2. The number of nitrogens with one attached hydrogen (secondary N) is 1. The average molecular weight is 276 g/mol. The maximum atomic E-state index is 12.1. The van der Waals surface area contributed by atoms with Crippen molar-refractivity contribution in [3.63, 3.8) is 0 Å². The predicted molar refractivity (Wildman–Crippen MR) is 74.4 cm³/mol. The third-order valence-corrected chi connectivity index (χ3v) is 4.14. The van der Waals surface area contributed by atoms with E-state index in [1.54, 1.807) is 17.0 Å². The molecule has 1 amide bonds. The number of carbonyl (C=O) groups is 1. The van der Waals surface area contributed by atoms with Crippen molar-refractivity contribution < 1.29 is 14.6 Å². The molecule has 1 aromatic rings. The van der Waals surface area contributed by atoms with Gasteiger partial charge in [0.25, 0.3) is 0 Å². The second kappa shape index (κ2) is 5.32. The van der Waals surface area contributed by atoms with Crippen LogP contribution in [0, 0.1) is 0 Å². The molecule has 1 spiro atoms. The van der Waals surface area contributed by atoms with Crippen LogP contribution in [0.5, 0.6) is 5.75 Å². The normalized spacial score (nSPS) is 26.6. The smallest absolute Gasteiger partial charge is 0.410 e. The minimum absolute atomic E-state index is 0.226. The number of hydrogen-bond acceptors (Lipinski definition) is 4. The molecule has 2 aliphatic heterocycles. The van der Waals surface area contributed by atoms with Gasteiger partial charge in [0.1, 0.15) is 11.4 Å². The first kappa shape index (κ1) is 13.2. The molecule has 0 aliphatic carbocycles. The summed E-state index contributed by atoms with van der Waals surface area (Å²) in [6, 6.07) is 7.12. The molecule has 2 heterocycles. The summed E-state index contributed by atoms with van der Waals surface area (Å²) in [7, 11) is 0. The van der Waals surface area contributed by atoms with Gasteiger partial charge >= 0.3 is 6.09 Å². The highest BCUT2D eigenvalue weighted by atomic mass is 16.6. The van der Waals surface area contributed by atoms with Gasteiger partial charge in [-0.15, -0.1) is 0 Å². The maximum absolute atomic E-state index is 12.1. The molecule has 0 radical (unpaired) electrons. The highest BCUT2D eigenvalue weighted by Gasteiger charge is 2.44. The van der Waals surface area contributed by atoms with Crippen LogP contribution >= 0.6 is 0 Å². The largest absolute Gasteiger partial charge is 0.508 e. The number of aromatic hydroxyl groups is 1. The number of benzene rings is 1. The Hall–Kier alpha value is -1.75. The summed E-state index contributed by atoms with van der Waals surface area (Å²) >= 11 is 0. The van der Waals surface area contributed by atoms with Crippen molar-refractivity contribution in [3.05, 3.63) is 29.8 Å². The highest BCUT2D eigenvalue weighted by Crippen LogP contribution is 2.33. The van der Waals surface area contributed by atoms with Gasteiger partial charge in [-0.3, -0.25) is 4.90 Å². The van der Waals surface area contributed by atoms with Crippen LogP contribution in [0.1, 0.15) is 24.8 Å². The Balaban J connectivity index is 1.72. The quantitative estimate of drug-likeness (QED) is 0.865. The van der Waals surface area contributed by atoms with Crippen LogP contribution in [0.4, 0.5) is 4.79 Å². The fourth-order valence-electron chi connectivity index (χ4n) is 3.03. The van der Waals surface area contributed by atoms with Gasteiger partial charge < -0.3 is 15.2 Å². The lowest BCUT2D eigenvalue weighted by atomic mass is 9.95. The summed E-state index contributed by atoms with van der Waals surface area (Å²) in [4.78, 5) is 13.8. The second-order valence-corrected chi connectivity index (χ2v) is 5.64. The molecule has 2 N–H and O–H groups in total. The van der Waals surface area contributed by atoms with Gasteiger partial charge in [0.05, 0.1) is 13.1 Å². The molecular weight excluding hydrogens is 256 g/mol. The third-order valence-electron chi connectivity index (χ3n) is 4.14. The Morgan fingerprint density at radius 1 is 1.30 bits per heavy atom. The summed E-state index contributed by atoms with van der Waals surface area (Å²) in [6.45, 7) is 2.89. The van der Waals surface area contributed by atoms with Crippen molar-refractivity contribution in [1.82, 2.24) is 10.2 Å². The van der Waals surface area contributed by atoms with Gasteiger partial charge in [-0.05, 0) is 32.0 Å². The molecule has 0 saturated carbocycles. The first-order valence-electron chi connectivity index (χ1n) is 7.14. The van der Waals surface area contributed by atoms with Crippen molar-refractivity contribution in [1.29, 1.82) is 0 Å². The maximum Gasteiger partial charge on any atom is 0.410 e. The van der Waals surface area contributed by atoms with E-state index in [1.807, 2.05) is 12.1 Å². The number of para-hydroxylation sites is 1. The van der Waals surface area contributed by atoms with E-state index in [2.05, 4.69) is 5.32 Å². The number of carbonyl (C=O) groups excluding carboxylic acids is 1. The molecule has 1 atom stereocenters. The lowest BCUT2D eigenvalue weighted by Gasteiger charge is -2.24. The van der Waals surface area contributed by atoms with E-state index in [0.717, 1.165) is 37.9 Å². The summed E-state index contributed by atoms with van der Waals surface area (Å²) < 4.78 is 5.66. The summed E-state index contributed by atoms with van der Waals surface area (Å²) in [6.07, 6.45) is 2.52. The van der Waals surface area contributed by atoms with Crippen LogP contribution in [0.3, 0.4) is 0 Å². The molecular formula is C15H20N2O3. The lowest BCUT2D eigenvalue weighted by Crippen LogP contribution is -2.35. The molecule has 108 valence electrons. The average Bonchev–Trinajstić information content (AvgIpc) is 2.61. The monoisotopic (exact) mass is 276 g/mol. The van der Waals surface area contributed by atoms with Crippen LogP contribution in [0.25, 0.3) is 0 Å². The van der Waals surface area contributed by atoms with E-state index < -0.39 is 0 Å². The molecule has 0 aromatic heterocycles. The molecule has 1 aromatic carbocycles. The van der Waals surface area contributed by atoms with Crippen LogP contribution in [0.2, 0.25) is 0 Å². The highest BCUT2D eigenvalue weighted by molar-refractivity contribution is 5.71. The first-order valence-corrected chi connectivity index (χ1v) is 7.14. The van der Waals surface area contributed by atoms with Crippen LogP contribution in [-0.4, -0.2) is 41.3 Å². The Kier molecular flexibility index (Phi) is 3.53. The molecule has 1 unspecified atom stereocenters. The summed E-state index contributed by atoms with van der Waals surface area (Å²) in [5.74, 6) is 0.226. The Morgan fingerprint density at radius 2 is 2.15 bits per heavy atom. The molecule has 5 nitrogen and oxygen atoms in total. The van der Waals surface area contributed by atoms with Gasteiger partial charge in [0.15, 0.2) is 0 Å². The fraction of sp³-hybridized carbons (Fsp3) is 0.533. The van der Waals surface area contributed by atoms with Crippen molar-refractivity contribution in [2.75, 3.05) is 19.6 Å². The number of amides is 1.